The summed E-state index contributed by atoms with van der Waals surface area (Å²) in [4.78, 5) is 42.2. The average Bonchev–Trinajstić information content (AvgIpc) is 3.00. The molecular formula is C31H31F3N6O4. The lowest BCUT2D eigenvalue weighted by Gasteiger charge is -2.37. The van der Waals surface area contributed by atoms with Gasteiger partial charge in [0.25, 0.3) is 11.2 Å². The van der Waals surface area contributed by atoms with E-state index in [9.17, 15) is 32.9 Å². The first-order valence-corrected chi connectivity index (χ1v) is 14.0. The van der Waals surface area contributed by atoms with E-state index in [4.69, 9.17) is 5.73 Å². The first-order valence-electron chi connectivity index (χ1n) is 14.0. The minimum Gasteiger partial charge on any atom is -0.363 e. The molecule has 0 spiro atoms. The molecule has 2 heterocycles. The van der Waals surface area contributed by atoms with Gasteiger partial charge >= 0.3 is 5.69 Å². The molecule has 10 nitrogen and oxygen atoms in total. The summed E-state index contributed by atoms with van der Waals surface area (Å²) in [6.45, 7) is 2.91. The molecule has 1 aromatic heterocycles. The number of nitrogens with zero attached hydrogens (tertiary/aromatic N) is 5. The molecule has 0 saturated carbocycles. The van der Waals surface area contributed by atoms with Crippen LogP contribution in [-0.2, 0) is 19.6 Å². The third-order valence-corrected chi connectivity index (χ3v) is 7.94. The summed E-state index contributed by atoms with van der Waals surface area (Å²) in [5.41, 5.74) is 5.76. The molecule has 3 aromatic carbocycles. The fourth-order valence-electron chi connectivity index (χ4n) is 5.57. The summed E-state index contributed by atoms with van der Waals surface area (Å²) in [5.74, 6) is -2.27. The fourth-order valence-corrected chi connectivity index (χ4v) is 5.57. The fraction of sp³-hybridized carbons (Fsp3) is 0.290. The minimum absolute atomic E-state index is 0.000509. The molecule has 0 bridgehead atoms. The van der Waals surface area contributed by atoms with Gasteiger partial charge in [0.2, 0.25) is 0 Å². The van der Waals surface area contributed by atoms with E-state index in [0.717, 1.165) is 26.8 Å². The van der Waals surface area contributed by atoms with Gasteiger partial charge < -0.3 is 10.6 Å². The smallest absolute Gasteiger partial charge is 0.331 e. The highest BCUT2D eigenvalue weighted by atomic mass is 19.1. The molecule has 0 radical (unpaired) electrons. The first kappa shape index (κ1) is 30.7. The lowest BCUT2D eigenvalue weighted by atomic mass is 10.1. The highest BCUT2D eigenvalue weighted by Crippen LogP contribution is 2.22. The Hall–Kier alpha value is -4.75. The number of nitrogens with two attached hydrogens (primary N) is 1. The molecule has 1 aliphatic rings. The number of rotatable bonds is 9. The minimum atomic E-state index is -1.05. The van der Waals surface area contributed by atoms with Gasteiger partial charge in [-0.05, 0) is 30.7 Å². The monoisotopic (exact) mass is 608 g/mol. The van der Waals surface area contributed by atoms with E-state index in [1.807, 2.05) is 0 Å². The van der Waals surface area contributed by atoms with Crippen LogP contribution < -0.4 is 21.9 Å². The van der Waals surface area contributed by atoms with Crippen molar-refractivity contribution in [3.05, 3.63) is 138 Å². The van der Waals surface area contributed by atoms with Crippen molar-refractivity contribution in [3.8, 4) is 0 Å². The zero-order chi connectivity index (χ0) is 31.5. The number of nitro groups is 1. The predicted molar refractivity (Wildman–Crippen MR) is 159 cm³/mol. The number of aromatic nitrogens is 2. The van der Waals surface area contributed by atoms with Crippen molar-refractivity contribution in [3.63, 3.8) is 0 Å². The molecule has 1 saturated heterocycles. The quantitative estimate of drug-likeness (QED) is 0.227. The summed E-state index contributed by atoms with van der Waals surface area (Å²) in [6.07, 6.45) is 0. The Kier molecular flexibility index (Phi) is 8.97. The van der Waals surface area contributed by atoms with Crippen LogP contribution >= 0.6 is 0 Å². The Morgan fingerprint density at radius 3 is 2.16 bits per heavy atom. The van der Waals surface area contributed by atoms with E-state index in [-0.39, 0.29) is 34.7 Å². The summed E-state index contributed by atoms with van der Waals surface area (Å²) in [7, 11) is 0. The molecule has 4 aromatic rings. The molecule has 1 aliphatic heterocycles. The van der Waals surface area contributed by atoms with Gasteiger partial charge in [-0.3, -0.25) is 28.9 Å². The van der Waals surface area contributed by atoms with Gasteiger partial charge in [-0.1, -0.05) is 36.4 Å². The van der Waals surface area contributed by atoms with Crippen LogP contribution in [0.25, 0.3) is 0 Å². The topological polar surface area (TPSA) is 120 Å². The van der Waals surface area contributed by atoms with Crippen molar-refractivity contribution in [2.24, 2.45) is 5.73 Å². The van der Waals surface area contributed by atoms with E-state index in [1.54, 1.807) is 30.0 Å². The molecule has 230 valence electrons. The van der Waals surface area contributed by atoms with Crippen LogP contribution in [0.4, 0.5) is 24.5 Å². The molecular weight excluding hydrogens is 577 g/mol. The normalized spacial score (nSPS) is 14.5. The lowest BCUT2D eigenvalue weighted by Crippen LogP contribution is -2.51. The Bertz CT molecular complexity index is 1800. The molecule has 2 N–H and O–H groups in total. The average molecular weight is 609 g/mol. The van der Waals surface area contributed by atoms with Crippen LogP contribution in [0, 0.1) is 34.5 Å². The second-order valence-electron chi connectivity index (χ2n) is 10.7. The molecule has 44 heavy (non-hydrogen) atoms. The van der Waals surface area contributed by atoms with Crippen LogP contribution in [0.3, 0.4) is 0 Å². The van der Waals surface area contributed by atoms with Gasteiger partial charge in [-0.2, -0.15) is 0 Å². The van der Waals surface area contributed by atoms with Gasteiger partial charge in [0.1, 0.15) is 23.1 Å². The van der Waals surface area contributed by atoms with E-state index in [2.05, 4.69) is 4.90 Å². The molecule has 1 unspecified atom stereocenters. The highest BCUT2D eigenvalue weighted by molar-refractivity contribution is 5.50. The zero-order valence-electron chi connectivity index (χ0n) is 24.0. The van der Waals surface area contributed by atoms with Crippen molar-refractivity contribution >= 4 is 11.4 Å². The Labute approximate surface area is 250 Å². The Balaban J connectivity index is 1.49. The number of hydrogen-bond acceptors (Lipinski definition) is 7. The molecule has 0 aliphatic carbocycles. The number of piperazine rings is 1. The molecule has 1 atom stereocenters. The largest absolute Gasteiger partial charge is 0.363 e. The van der Waals surface area contributed by atoms with E-state index < -0.39 is 46.2 Å². The van der Waals surface area contributed by atoms with Crippen LogP contribution in [0.1, 0.15) is 28.4 Å². The van der Waals surface area contributed by atoms with Gasteiger partial charge in [0.15, 0.2) is 0 Å². The number of non-ortho nitro benzene ring substituents is 1. The van der Waals surface area contributed by atoms with Crippen LogP contribution in [-0.4, -0.2) is 45.1 Å². The summed E-state index contributed by atoms with van der Waals surface area (Å²) in [5, 5.41) is 11.2. The van der Waals surface area contributed by atoms with Crippen LogP contribution in [0.2, 0.25) is 0 Å². The van der Waals surface area contributed by atoms with Gasteiger partial charge in [-0.25, -0.2) is 18.0 Å². The Morgan fingerprint density at radius 2 is 1.50 bits per heavy atom. The Morgan fingerprint density at radius 1 is 0.864 bits per heavy atom. The third-order valence-electron chi connectivity index (χ3n) is 7.94. The zero-order valence-corrected chi connectivity index (χ0v) is 24.0. The van der Waals surface area contributed by atoms with Crippen LogP contribution in [0.5, 0.6) is 0 Å². The first-order chi connectivity index (χ1) is 21.0. The predicted octanol–water partition coefficient (Wildman–Crippen LogP) is 3.71. The van der Waals surface area contributed by atoms with Crippen molar-refractivity contribution < 1.29 is 18.1 Å². The van der Waals surface area contributed by atoms with E-state index >= 15 is 0 Å². The molecule has 13 heteroatoms. The number of hydrogen-bond donors (Lipinski definition) is 1. The van der Waals surface area contributed by atoms with Crippen molar-refractivity contribution in [1.29, 1.82) is 0 Å². The third kappa shape index (κ3) is 6.29. The maximum atomic E-state index is 14.7. The summed E-state index contributed by atoms with van der Waals surface area (Å²) in [6, 6.07) is 14.5. The SMILES string of the molecule is Cc1c(N2CCN(Cc3cccc([N+](=O)[O-])c3)CC2)c(=O)n(CC(N)c2ccccc2F)c(=O)n1Cc1c(F)cccc1F. The number of anilines is 1. The van der Waals surface area contributed by atoms with Gasteiger partial charge in [-0.15, -0.1) is 0 Å². The molecule has 0 amide bonds. The van der Waals surface area contributed by atoms with E-state index in [1.165, 1.54) is 36.4 Å². The highest BCUT2D eigenvalue weighted by Gasteiger charge is 2.27. The second-order valence-corrected chi connectivity index (χ2v) is 10.7. The number of nitro benzene ring substituents is 1. The van der Waals surface area contributed by atoms with Gasteiger partial charge in [0, 0.05) is 61.7 Å². The van der Waals surface area contributed by atoms with Crippen molar-refractivity contribution in [2.45, 2.75) is 32.6 Å². The van der Waals surface area contributed by atoms with Gasteiger partial charge in [0.05, 0.1) is 24.1 Å². The molecule has 5 rings (SSSR count). The number of benzene rings is 3. The van der Waals surface area contributed by atoms with E-state index in [0.29, 0.717) is 32.7 Å². The summed E-state index contributed by atoms with van der Waals surface area (Å²) >= 11 is 0. The van der Waals surface area contributed by atoms with Crippen molar-refractivity contribution in [1.82, 2.24) is 14.0 Å². The standard InChI is InChI=1S/C31H31F3N6O4/c1-20-29(37-14-12-36(13-15-37)17-21-6-4-7-22(16-21)40(43)44)30(41)39(19-28(35)23-8-2-3-9-25(23)32)31(42)38(20)18-24-26(33)10-5-11-27(24)34/h2-11,16,28H,12-15,17-19,35H2,1H3. The second kappa shape index (κ2) is 12.9. The lowest BCUT2D eigenvalue weighted by molar-refractivity contribution is -0.384. The number of halogens is 3. The van der Waals surface area contributed by atoms with Crippen LogP contribution in [0.15, 0.2) is 76.3 Å². The maximum Gasteiger partial charge on any atom is 0.331 e. The summed E-state index contributed by atoms with van der Waals surface area (Å²) < 4.78 is 45.9. The maximum absolute atomic E-state index is 14.7. The molecule has 1 fully saturated rings. The van der Waals surface area contributed by atoms with Crippen molar-refractivity contribution in [2.75, 3.05) is 31.1 Å².